The Morgan fingerprint density at radius 1 is 1.60 bits per heavy atom. The van der Waals surface area contributed by atoms with Gasteiger partial charge in [-0.15, -0.1) is 0 Å². The molecule has 1 rings (SSSR count). The van der Waals surface area contributed by atoms with Crippen molar-refractivity contribution in [1.82, 2.24) is 15.1 Å². The number of aromatic nitrogens is 2. The van der Waals surface area contributed by atoms with Crippen LogP contribution in [0.4, 0.5) is 0 Å². The van der Waals surface area contributed by atoms with Crippen LogP contribution in [0.3, 0.4) is 0 Å². The van der Waals surface area contributed by atoms with Gasteiger partial charge in [-0.3, -0.25) is 0 Å². The first kappa shape index (κ1) is 12.0. The first-order chi connectivity index (χ1) is 7.10. The Hall–Kier alpha value is -1.07. The minimum atomic E-state index is 0.0781. The molecule has 5 heteroatoms. The van der Waals surface area contributed by atoms with Crippen LogP contribution in [0.1, 0.15) is 18.2 Å². The van der Waals surface area contributed by atoms with Crippen LogP contribution in [0.2, 0.25) is 0 Å². The van der Waals surface area contributed by atoms with E-state index < -0.39 is 0 Å². The molecule has 1 atom stereocenters. The van der Waals surface area contributed by atoms with Gasteiger partial charge in [0.25, 0.3) is 0 Å². The highest BCUT2D eigenvalue weighted by Gasteiger charge is 2.13. The van der Waals surface area contributed by atoms with E-state index in [0.717, 1.165) is 17.1 Å². The third-order valence-electron chi connectivity index (χ3n) is 2.38. The number of methoxy groups -OCH3 is 1. The maximum absolute atomic E-state index is 8.90. The van der Waals surface area contributed by atoms with E-state index in [1.165, 1.54) is 0 Å². The molecule has 0 bridgehead atoms. The van der Waals surface area contributed by atoms with E-state index in [1.54, 1.807) is 11.8 Å². The minimum Gasteiger partial charge on any atom is -0.481 e. The van der Waals surface area contributed by atoms with E-state index in [1.807, 2.05) is 20.9 Å². The summed E-state index contributed by atoms with van der Waals surface area (Å²) in [7, 11) is 3.49. The molecule has 2 N–H and O–H groups in total. The zero-order valence-corrected chi connectivity index (χ0v) is 9.74. The highest BCUT2D eigenvalue weighted by molar-refractivity contribution is 5.30. The van der Waals surface area contributed by atoms with Crippen molar-refractivity contribution >= 4 is 0 Å². The van der Waals surface area contributed by atoms with Gasteiger partial charge >= 0.3 is 0 Å². The molecule has 0 aromatic carbocycles. The van der Waals surface area contributed by atoms with Gasteiger partial charge in [-0.2, -0.15) is 5.10 Å². The highest BCUT2D eigenvalue weighted by Crippen LogP contribution is 2.20. The summed E-state index contributed by atoms with van der Waals surface area (Å²) in [4.78, 5) is 0. The maximum atomic E-state index is 8.90. The molecule has 1 aromatic rings. The Morgan fingerprint density at radius 3 is 2.80 bits per heavy atom. The third kappa shape index (κ3) is 2.70. The smallest absolute Gasteiger partial charge is 0.216 e. The minimum absolute atomic E-state index is 0.0781. The Kier molecular flexibility index (Phi) is 4.11. The van der Waals surface area contributed by atoms with Crippen LogP contribution in [0.15, 0.2) is 0 Å². The molecule has 0 saturated carbocycles. The fourth-order valence-corrected chi connectivity index (χ4v) is 1.48. The van der Waals surface area contributed by atoms with E-state index >= 15 is 0 Å². The van der Waals surface area contributed by atoms with Gasteiger partial charge in [0.2, 0.25) is 5.88 Å². The molecule has 0 amide bonds. The lowest BCUT2D eigenvalue weighted by atomic mass is 10.2. The molecule has 1 heterocycles. The number of hydrogen-bond acceptors (Lipinski definition) is 4. The van der Waals surface area contributed by atoms with Gasteiger partial charge < -0.3 is 15.2 Å². The van der Waals surface area contributed by atoms with Crippen molar-refractivity contribution in [2.45, 2.75) is 26.4 Å². The highest BCUT2D eigenvalue weighted by atomic mass is 16.5. The summed E-state index contributed by atoms with van der Waals surface area (Å²) in [6, 6.07) is 0.0781. The van der Waals surface area contributed by atoms with Crippen LogP contribution >= 0.6 is 0 Å². The predicted molar refractivity (Wildman–Crippen MR) is 57.9 cm³/mol. The number of rotatable bonds is 5. The standard InChI is InChI=1S/C10H19N3O2/c1-7(6-14)11-5-9-8(2)12-13(3)10(9)15-4/h7,11,14H,5-6H2,1-4H3. The van der Waals surface area contributed by atoms with Gasteiger partial charge in [-0.25, -0.2) is 4.68 Å². The summed E-state index contributed by atoms with van der Waals surface area (Å²) in [5.41, 5.74) is 1.99. The first-order valence-electron chi connectivity index (χ1n) is 5.00. The molecule has 0 fully saturated rings. The Bertz CT molecular complexity index is 323. The molecule has 0 aliphatic rings. The van der Waals surface area contributed by atoms with Crippen molar-refractivity contribution in [3.63, 3.8) is 0 Å². The van der Waals surface area contributed by atoms with Crippen LogP contribution in [0.25, 0.3) is 0 Å². The molecule has 0 radical (unpaired) electrons. The summed E-state index contributed by atoms with van der Waals surface area (Å²) >= 11 is 0. The van der Waals surface area contributed by atoms with Gasteiger partial charge in [0, 0.05) is 19.6 Å². The number of aliphatic hydroxyl groups is 1. The molecule has 0 aliphatic heterocycles. The molecule has 5 nitrogen and oxygen atoms in total. The maximum Gasteiger partial charge on any atom is 0.216 e. The topological polar surface area (TPSA) is 59.3 Å². The number of nitrogens with zero attached hydrogens (tertiary/aromatic N) is 2. The predicted octanol–water partition coefficient (Wildman–Crippen LogP) is 0.208. The van der Waals surface area contributed by atoms with Crippen molar-refractivity contribution in [3.8, 4) is 5.88 Å². The van der Waals surface area contributed by atoms with Crippen LogP contribution < -0.4 is 10.1 Å². The van der Waals surface area contributed by atoms with Gasteiger partial charge in [-0.1, -0.05) is 0 Å². The molecule has 0 spiro atoms. The summed E-state index contributed by atoms with van der Waals surface area (Å²) in [6.07, 6.45) is 0. The molecule has 15 heavy (non-hydrogen) atoms. The number of aliphatic hydroxyl groups excluding tert-OH is 1. The second-order valence-corrected chi connectivity index (χ2v) is 3.66. The number of hydrogen-bond donors (Lipinski definition) is 2. The van der Waals surface area contributed by atoms with Crippen LogP contribution in [0.5, 0.6) is 5.88 Å². The summed E-state index contributed by atoms with van der Waals surface area (Å²) in [5.74, 6) is 0.769. The van der Waals surface area contributed by atoms with Crippen molar-refractivity contribution in [3.05, 3.63) is 11.3 Å². The molecule has 86 valence electrons. The largest absolute Gasteiger partial charge is 0.481 e. The lowest BCUT2D eigenvalue weighted by molar-refractivity contribution is 0.250. The van der Waals surface area contributed by atoms with Crippen molar-refractivity contribution in [2.75, 3.05) is 13.7 Å². The quantitative estimate of drug-likeness (QED) is 0.734. The number of ether oxygens (including phenoxy) is 1. The lowest BCUT2D eigenvalue weighted by Gasteiger charge is -2.11. The first-order valence-corrected chi connectivity index (χ1v) is 5.00. The second-order valence-electron chi connectivity index (χ2n) is 3.66. The van der Waals surface area contributed by atoms with Gasteiger partial charge in [-0.05, 0) is 13.8 Å². The summed E-state index contributed by atoms with van der Waals surface area (Å²) < 4.78 is 6.98. The average Bonchev–Trinajstić information content (AvgIpc) is 2.49. The van der Waals surface area contributed by atoms with E-state index in [0.29, 0.717) is 6.54 Å². The van der Waals surface area contributed by atoms with Crippen LogP contribution in [-0.4, -0.2) is 34.6 Å². The zero-order chi connectivity index (χ0) is 11.4. The van der Waals surface area contributed by atoms with E-state index in [-0.39, 0.29) is 12.6 Å². The zero-order valence-electron chi connectivity index (χ0n) is 9.74. The van der Waals surface area contributed by atoms with Crippen molar-refractivity contribution in [2.24, 2.45) is 7.05 Å². The van der Waals surface area contributed by atoms with Gasteiger partial charge in [0.05, 0.1) is 25.0 Å². The molecule has 1 unspecified atom stereocenters. The molecule has 0 saturated heterocycles. The molecular weight excluding hydrogens is 194 g/mol. The van der Waals surface area contributed by atoms with E-state index in [2.05, 4.69) is 10.4 Å². The summed E-state index contributed by atoms with van der Waals surface area (Å²) in [5, 5.41) is 16.4. The van der Waals surface area contributed by atoms with Crippen molar-refractivity contribution < 1.29 is 9.84 Å². The SMILES string of the molecule is COc1c(CNC(C)CO)c(C)nn1C. The van der Waals surface area contributed by atoms with Gasteiger partial charge in [0.15, 0.2) is 0 Å². The lowest BCUT2D eigenvalue weighted by Crippen LogP contribution is -2.28. The van der Waals surface area contributed by atoms with Crippen LogP contribution in [-0.2, 0) is 13.6 Å². The summed E-state index contributed by atoms with van der Waals surface area (Å²) in [6.45, 7) is 4.66. The third-order valence-corrected chi connectivity index (χ3v) is 2.38. The Morgan fingerprint density at radius 2 is 2.27 bits per heavy atom. The fourth-order valence-electron chi connectivity index (χ4n) is 1.48. The number of nitrogens with one attached hydrogen (secondary N) is 1. The van der Waals surface area contributed by atoms with E-state index in [9.17, 15) is 0 Å². The molecule has 1 aromatic heterocycles. The Balaban J connectivity index is 2.75. The van der Waals surface area contributed by atoms with Gasteiger partial charge in [0.1, 0.15) is 0 Å². The monoisotopic (exact) mass is 213 g/mol. The van der Waals surface area contributed by atoms with Crippen molar-refractivity contribution in [1.29, 1.82) is 0 Å². The van der Waals surface area contributed by atoms with E-state index in [4.69, 9.17) is 9.84 Å². The Labute approximate surface area is 90.1 Å². The number of aryl methyl sites for hydroxylation is 2. The molecule has 0 aliphatic carbocycles. The average molecular weight is 213 g/mol. The van der Waals surface area contributed by atoms with Crippen LogP contribution in [0, 0.1) is 6.92 Å². The molecular formula is C10H19N3O2. The second kappa shape index (κ2) is 5.14. The normalized spacial score (nSPS) is 12.9. The fraction of sp³-hybridized carbons (Fsp3) is 0.700.